The van der Waals surface area contributed by atoms with Crippen LogP contribution >= 0.6 is 12.2 Å². The zero-order valence-corrected chi connectivity index (χ0v) is 18.6. The van der Waals surface area contributed by atoms with E-state index in [0.29, 0.717) is 30.3 Å². The van der Waals surface area contributed by atoms with Gasteiger partial charge < -0.3 is 24.7 Å². The average Bonchev–Trinajstić information content (AvgIpc) is 3.41. The molecule has 2 saturated heterocycles. The highest BCUT2D eigenvalue weighted by Crippen LogP contribution is 2.20. The first kappa shape index (κ1) is 21.3. The molecule has 0 spiro atoms. The van der Waals surface area contributed by atoms with E-state index in [4.69, 9.17) is 21.7 Å². The summed E-state index contributed by atoms with van der Waals surface area (Å²) in [6.45, 7) is 7.56. The topological polar surface area (TPSA) is 66.6 Å². The Labute approximate surface area is 182 Å². The fourth-order valence-corrected chi connectivity index (χ4v) is 4.65. The van der Waals surface area contributed by atoms with Crippen LogP contribution in [0.4, 0.5) is 0 Å². The molecule has 2 aliphatic heterocycles. The van der Waals surface area contributed by atoms with E-state index in [9.17, 15) is 4.79 Å². The summed E-state index contributed by atoms with van der Waals surface area (Å²) in [5.74, 6) is 0. The summed E-state index contributed by atoms with van der Waals surface area (Å²) in [6.07, 6.45) is 4.62. The second kappa shape index (κ2) is 9.45. The molecule has 0 bridgehead atoms. The van der Waals surface area contributed by atoms with E-state index in [1.54, 1.807) is 0 Å². The number of aromatic amines is 1. The summed E-state index contributed by atoms with van der Waals surface area (Å²) in [4.78, 5) is 18.0. The number of rotatable bonds is 6. The number of pyridine rings is 1. The highest BCUT2D eigenvalue weighted by Gasteiger charge is 2.23. The summed E-state index contributed by atoms with van der Waals surface area (Å²) in [6, 6.07) is 6.20. The summed E-state index contributed by atoms with van der Waals surface area (Å²) in [5, 5.41) is 5.07. The minimum Gasteiger partial charge on any atom is -0.376 e. The van der Waals surface area contributed by atoms with Gasteiger partial charge in [-0.15, -0.1) is 0 Å². The third kappa shape index (κ3) is 5.02. The number of aryl methyl sites for hydroxylation is 2. The van der Waals surface area contributed by atoms with Crippen molar-refractivity contribution in [2.45, 2.75) is 58.3 Å². The number of H-pyrrole nitrogens is 1. The number of benzene rings is 1. The van der Waals surface area contributed by atoms with Crippen molar-refractivity contribution in [2.75, 3.05) is 26.3 Å². The lowest BCUT2D eigenvalue weighted by Crippen LogP contribution is -2.45. The molecular weight excluding hydrogens is 398 g/mol. The molecule has 2 aromatic rings. The number of hydrogen-bond acceptors (Lipinski definition) is 4. The lowest BCUT2D eigenvalue weighted by molar-refractivity contribution is 0.0885. The average molecular weight is 430 g/mol. The maximum atomic E-state index is 12.8. The fraction of sp³-hybridized carbons (Fsp3) is 0.565. The van der Waals surface area contributed by atoms with E-state index >= 15 is 0 Å². The number of nitrogens with one attached hydrogen (secondary N) is 2. The van der Waals surface area contributed by atoms with E-state index in [0.717, 1.165) is 55.4 Å². The van der Waals surface area contributed by atoms with Crippen LogP contribution in [0, 0.1) is 13.8 Å². The van der Waals surface area contributed by atoms with Gasteiger partial charge in [0.1, 0.15) is 0 Å². The Morgan fingerprint density at radius 3 is 2.60 bits per heavy atom. The Bertz CT molecular complexity index is 962. The Hall–Kier alpha value is -1.96. The number of aromatic nitrogens is 1. The van der Waals surface area contributed by atoms with Gasteiger partial charge in [-0.05, 0) is 74.8 Å². The molecule has 0 amide bonds. The molecule has 3 heterocycles. The SMILES string of the molecule is Cc1cc(C)c2[nH]c(=O)c(CN(CC3CCCO3)C(=S)NCC3CCCO3)cc2c1. The van der Waals surface area contributed by atoms with Crippen LogP contribution in [0.15, 0.2) is 23.0 Å². The first-order valence-electron chi connectivity index (χ1n) is 10.9. The predicted molar refractivity (Wildman–Crippen MR) is 123 cm³/mol. The minimum atomic E-state index is -0.0614. The molecule has 2 N–H and O–H groups in total. The van der Waals surface area contributed by atoms with Gasteiger partial charge in [0.2, 0.25) is 0 Å². The van der Waals surface area contributed by atoms with Crippen molar-refractivity contribution >= 4 is 28.2 Å². The molecule has 2 aliphatic rings. The molecule has 4 rings (SSSR count). The third-order valence-corrected chi connectivity index (χ3v) is 6.37. The zero-order valence-electron chi connectivity index (χ0n) is 17.8. The standard InChI is InChI=1S/C23H31N3O3S/c1-15-9-16(2)21-17(10-15)11-18(22(27)25-21)13-26(14-20-6-4-8-29-20)23(30)24-12-19-5-3-7-28-19/h9-11,19-20H,3-8,12-14H2,1-2H3,(H,24,30)(H,25,27). The summed E-state index contributed by atoms with van der Waals surface area (Å²) in [7, 11) is 0. The number of nitrogens with zero attached hydrogens (tertiary/aromatic N) is 1. The van der Waals surface area contributed by atoms with Gasteiger partial charge in [-0.2, -0.15) is 0 Å². The molecule has 0 aliphatic carbocycles. The van der Waals surface area contributed by atoms with Gasteiger partial charge in [0.15, 0.2) is 5.11 Å². The molecule has 0 radical (unpaired) electrons. The first-order valence-corrected chi connectivity index (χ1v) is 11.3. The monoisotopic (exact) mass is 429 g/mol. The van der Waals surface area contributed by atoms with Crippen molar-refractivity contribution in [3.8, 4) is 0 Å². The maximum Gasteiger partial charge on any atom is 0.253 e. The first-order chi connectivity index (χ1) is 14.5. The normalized spacial score (nSPS) is 21.3. The van der Waals surface area contributed by atoms with Crippen LogP contribution in [0.2, 0.25) is 0 Å². The van der Waals surface area contributed by atoms with Gasteiger partial charge in [-0.3, -0.25) is 4.79 Å². The number of hydrogen-bond donors (Lipinski definition) is 2. The van der Waals surface area contributed by atoms with Gasteiger partial charge in [0.05, 0.1) is 24.3 Å². The highest BCUT2D eigenvalue weighted by atomic mass is 32.1. The summed E-state index contributed by atoms with van der Waals surface area (Å²) in [5.41, 5.74) is 3.82. The summed E-state index contributed by atoms with van der Waals surface area (Å²) >= 11 is 5.72. The van der Waals surface area contributed by atoms with Crippen molar-refractivity contribution in [3.63, 3.8) is 0 Å². The zero-order chi connectivity index (χ0) is 21.1. The fourth-order valence-electron chi connectivity index (χ4n) is 4.43. The van der Waals surface area contributed by atoms with Crippen LogP contribution in [-0.2, 0) is 16.0 Å². The van der Waals surface area contributed by atoms with Crippen molar-refractivity contribution in [1.29, 1.82) is 0 Å². The van der Waals surface area contributed by atoms with Crippen molar-refractivity contribution < 1.29 is 9.47 Å². The second-order valence-corrected chi connectivity index (χ2v) is 8.89. The molecule has 7 heteroatoms. The Morgan fingerprint density at radius 2 is 1.90 bits per heavy atom. The molecule has 6 nitrogen and oxygen atoms in total. The highest BCUT2D eigenvalue weighted by molar-refractivity contribution is 7.80. The molecule has 30 heavy (non-hydrogen) atoms. The van der Waals surface area contributed by atoms with Crippen molar-refractivity contribution in [2.24, 2.45) is 0 Å². The number of fused-ring (bicyclic) bond motifs is 1. The number of ether oxygens (including phenoxy) is 2. The minimum absolute atomic E-state index is 0.0614. The molecule has 1 aromatic carbocycles. The number of thiocarbonyl (C=S) groups is 1. The Morgan fingerprint density at radius 1 is 1.17 bits per heavy atom. The molecule has 2 atom stereocenters. The second-order valence-electron chi connectivity index (χ2n) is 8.51. The van der Waals surface area contributed by atoms with Crippen LogP contribution in [0.5, 0.6) is 0 Å². The van der Waals surface area contributed by atoms with Crippen LogP contribution in [0.1, 0.15) is 42.4 Å². The lowest BCUT2D eigenvalue weighted by Gasteiger charge is -2.29. The quantitative estimate of drug-likeness (QED) is 0.688. The van der Waals surface area contributed by atoms with E-state index in [2.05, 4.69) is 34.3 Å². The van der Waals surface area contributed by atoms with Crippen LogP contribution < -0.4 is 10.9 Å². The smallest absolute Gasteiger partial charge is 0.253 e. The predicted octanol–water partition coefficient (Wildman–Crippen LogP) is 3.18. The van der Waals surface area contributed by atoms with Gasteiger partial charge in [-0.25, -0.2) is 0 Å². The van der Waals surface area contributed by atoms with E-state index in [-0.39, 0.29) is 17.8 Å². The lowest BCUT2D eigenvalue weighted by atomic mass is 10.1. The molecular formula is C23H31N3O3S. The van der Waals surface area contributed by atoms with Crippen LogP contribution in [-0.4, -0.2) is 53.5 Å². The van der Waals surface area contributed by atoms with Gasteiger partial charge in [-0.1, -0.05) is 11.6 Å². The van der Waals surface area contributed by atoms with E-state index < -0.39 is 0 Å². The summed E-state index contributed by atoms with van der Waals surface area (Å²) < 4.78 is 11.5. The van der Waals surface area contributed by atoms with Crippen LogP contribution in [0.3, 0.4) is 0 Å². The Balaban J connectivity index is 1.54. The van der Waals surface area contributed by atoms with Crippen LogP contribution in [0.25, 0.3) is 10.9 Å². The van der Waals surface area contributed by atoms with Gasteiger partial charge in [0, 0.05) is 31.9 Å². The largest absolute Gasteiger partial charge is 0.376 e. The molecule has 162 valence electrons. The molecule has 2 unspecified atom stereocenters. The molecule has 1 aromatic heterocycles. The third-order valence-electron chi connectivity index (χ3n) is 5.97. The van der Waals surface area contributed by atoms with E-state index in [1.165, 1.54) is 5.56 Å². The molecule has 0 saturated carbocycles. The molecule has 2 fully saturated rings. The maximum absolute atomic E-state index is 12.8. The van der Waals surface area contributed by atoms with Gasteiger partial charge in [0.25, 0.3) is 5.56 Å². The van der Waals surface area contributed by atoms with Crippen molar-refractivity contribution in [1.82, 2.24) is 15.2 Å². The van der Waals surface area contributed by atoms with Gasteiger partial charge >= 0.3 is 0 Å². The van der Waals surface area contributed by atoms with E-state index in [1.807, 2.05) is 13.0 Å². The van der Waals surface area contributed by atoms with Crippen molar-refractivity contribution in [3.05, 3.63) is 45.2 Å². The Kier molecular flexibility index (Phi) is 6.71.